The average Bonchev–Trinajstić information content (AvgIpc) is 1.85. The van der Waals surface area contributed by atoms with E-state index < -0.39 is 21.3 Å². The Kier molecular flexibility index (Phi) is 3.64. The quantitative estimate of drug-likeness (QED) is 0.610. The topological polar surface area (TPSA) is 90.2 Å². The van der Waals surface area contributed by atoms with E-state index in [9.17, 15) is 8.42 Å². The van der Waals surface area contributed by atoms with E-state index in [1.807, 2.05) is 0 Å². The third-order valence-corrected chi connectivity index (χ3v) is 2.45. The zero-order valence-corrected chi connectivity index (χ0v) is 7.85. The number of nitrogens with zero attached hydrogens (tertiary/aromatic N) is 1. The van der Waals surface area contributed by atoms with Gasteiger partial charge < -0.3 is 5.11 Å². The summed E-state index contributed by atoms with van der Waals surface area (Å²) in [4.78, 5) is 0. The van der Waals surface area contributed by atoms with Crippen molar-refractivity contribution < 1.29 is 13.5 Å². The number of aliphatic hydroxyl groups is 1. The molecule has 0 unspecified atom stereocenters. The van der Waals surface area contributed by atoms with E-state index in [4.69, 9.17) is 10.4 Å². The molecule has 0 aliphatic heterocycles. The van der Waals surface area contributed by atoms with Crippen LogP contribution in [0.25, 0.3) is 0 Å². The molecule has 0 saturated heterocycles. The summed E-state index contributed by atoms with van der Waals surface area (Å²) in [5.41, 5.74) is -0.907. The van der Waals surface area contributed by atoms with Gasteiger partial charge in [-0.1, -0.05) is 0 Å². The molecule has 0 fully saturated rings. The smallest absolute Gasteiger partial charge is 0.225 e. The molecule has 0 aliphatic rings. The predicted octanol–water partition coefficient (Wildman–Crippen LogP) is -0.800. The third kappa shape index (κ3) is 4.28. The fourth-order valence-corrected chi connectivity index (χ4v) is 1.72. The molecule has 0 spiro atoms. The molecule has 5 nitrogen and oxygen atoms in total. The number of nitrogens with one attached hydrogen (secondary N) is 1. The highest BCUT2D eigenvalue weighted by atomic mass is 32.2. The number of hydrogen-bond acceptors (Lipinski definition) is 4. The van der Waals surface area contributed by atoms with E-state index in [1.54, 1.807) is 0 Å². The van der Waals surface area contributed by atoms with Crippen LogP contribution < -0.4 is 4.72 Å². The van der Waals surface area contributed by atoms with Gasteiger partial charge in [-0.15, -0.1) is 0 Å². The average molecular weight is 192 g/mol. The maximum absolute atomic E-state index is 11.0. The lowest BCUT2D eigenvalue weighted by molar-refractivity contribution is 0.208. The molecule has 0 aromatic heterocycles. The summed E-state index contributed by atoms with van der Waals surface area (Å²) >= 11 is 0. The maximum Gasteiger partial charge on any atom is 0.225 e. The highest BCUT2D eigenvalue weighted by Crippen LogP contribution is 2.02. The number of aliphatic hydroxyl groups excluding tert-OH is 1. The standard InChI is InChI=1S/C6H12N2O3S/c1-6(2,5-9)8-12(10,11)4-3-7/h8-9H,4-5H2,1-2H3. The van der Waals surface area contributed by atoms with Crippen molar-refractivity contribution in [1.82, 2.24) is 4.72 Å². The Balaban J connectivity index is 4.38. The number of rotatable bonds is 4. The van der Waals surface area contributed by atoms with Crippen LogP contribution in [0.2, 0.25) is 0 Å². The fraction of sp³-hybridized carbons (Fsp3) is 0.833. The van der Waals surface area contributed by atoms with Crippen LogP contribution in [0.15, 0.2) is 0 Å². The molecule has 0 bridgehead atoms. The van der Waals surface area contributed by atoms with Crippen LogP contribution in [0, 0.1) is 11.3 Å². The van der Waals surface area contributed by atoms with Crippen molar-refractivity contribution in [2.75, 3.05) is 12.4 Å². The van der Waals surface area contributed by atoms with Crippen molar-refractivity contribution in [3.05, 3.63) is 0 Å². The predicted molar refractivity (Wildman–Crippen MR) is 43.7 cm³/mol. The molecule has 0 aromatic carbocycles. The van der Waals surface area contributed by atoms with E-state index in [0.717, 1.165) is 0 Å². The fourth-order valence-electron chi connectivity index (χ4n) is 0.574. The van der Waals surface area contributed by atoms with Gasteiger partial charge >= 0.3 is 0 Å². The Morgan fingerprint density at radius 2 is 2.08 bits per heavy atom. The molecule has 2 N–H and O–H groups in total. The van der Waals surface area contributed by atoms with Gasteiger partial charge in [-0.05, 0) is 13.8 Å². The van der Waals surface area contributed by atoms with E-state index in [-0.39, 0.29) is 6.61 Å². The Morgan fingerprint density at radius 3 is 2.42 bits per heavy atom. The van der Waals surface area contributed by atoms with Gasteiger partial charge in [-0.25, -0.2) is 13.1 Å². The molecule has 0 amide bonds. The summed E-state index contributed by atoms with van der Waals surface area (Å²) in [6, 6.07) is 1.52. The molecular weight excluding hydrogens is 180 g/mol. The van der Waals surface area contributed by atoms with Gasteiger partial charge in [0.1, 0.15) is 0 Å². The van der Waals surface area contributed by atoms with Crippen LogP contribution >= 0.6 is 0 Å². The Morgan fingerprint density at radius 1 is 1.58 bits per heavy atom. The van der Waals surface area contributed by atoms with Crippen molar-refractivity contribution in [1.29, 1.82) is 5.26 Å². The largest absolute Gasteiger partial charge is 0.394 e. The van der Waals surface area contributed by atoms with E-state index in [2.05, 4.69) is 4.72 Å². The molecule has 12 heavy (non-hydrogen) atoms. The lowest BCUT2D eigenvalue weighted by Gasteiger charge is -2.21. The molecule has 70 valence electrons. The van der Waals surface area contributed by atoms with E-state index >= 15 is 0 Å². The molecule has 0 radical (unpaired) electrons. The summed E-state index contributed by atoms with van der Waals surface area (Å²) in [5.74, 6) is -0.587. The van der Waals surface area contributed by atoms with Crippen molar-refractivity contribution in [3.8, 4) is 6.07 Å². The monoisotopic (exact) mass is 192 g/mol. The minimum Gasteiger partial charge on any atom is -0.394 e. The van der Waals surface area contributed by atoms with Gasteiger partial charge in [0.25, 0.3) is 0 Å². The van der Waals surface area contributed by atoms with Crippen LogP contribution in [0.3, 0.4) is 0 Å². The molecule has 0 saturated carbocycles. The first-order chi connectivity index (χ1) is 5.33. The molecular formula is C6H12N2O3S. The number of nitriles is 1. The Bertz CT molecular complexity index is 276. The maximum atomic E-state index is 11.0. The second kappa shape index (κ2) is 3.85. The SMILES string of the molecule is CC(C)(CO)NS(=O)(=O)CC#N. The highest BCUT2D eigenvalue weighted by molar-refractivity contribution is 7.89. The Hall–Kier alpha value is -0.640. The van der Waals surface area contributed by atoms with Gasteiger partial charge in [-0.2, -0.15) is 5.26 Å². The van der Waals surface area contributed by atoms with Crippen molar-refractivity contribution in [2.45, 2.75) is 19.4 Å². The summed E-state index contributed by atoms with van der Waals surface area (Å²) < 4.78 is 24.1. The Labute approximate surface area is 72.1 Å². The molecule has 0 rings (SSSR count). The third-order valence-electron chi connectivity index (χ3n) is 1.08. The summed E-state index contributed by atoms with van der Waals surface area (Å²) in [6.07, 6.45) is 0. The van der Waals surface area contributed by atoms with Gasteiger partial charge in [0.15, 0.2) is 5.75 Å². The van der Waals surface area contributed by atoms with Crippen LogP contribution in [-0.2, 0) is 10.0 Å². The lowest BCUT2D eigenvalue weighted by atomic mass is 10.1. The van der Waals surface area contributed by atoms with Crippen LogP contribution in [-0.4, -0.2) is 31.4 Å². The minimum atomic E-state index is -3.57. The zero-order chi connectivity index (χ0) is 9.83. The molecule has 0 atom stereocenters. The van der Waals surface area contributed by atoms with Crippen molar-refractivity contribution in [2.24, 2.45) is 0 Å². The first kappa shape index (κ1) is 11.4. The zero-order valence-electron chi connectivity index (χ0n) is 7.03. The van der Waals surface area contributed by atoms with E-state index in [1.165, 1.54) is 19.9 Å². The van der Waals surface area contributed by atoms with Crippen LogP contribution in [0.5, 0.6) is 0 Å². The molecule has 0 heterocycles. The summed E-state index contributed by atoms with van der Waals surface area (Å²) in [5, 5.41) is 16.9. The number of hydrogen-bond donors (Lipinski definition) is 2. The molecule has 0 aromatic rings. The number of sulfonamides is 1. The second-order valence-corrected chi connectivity index (χ2v) is 4.78. The summed E-state index contributed by atoms with van der Waals surface area (Å²) in [6.45, 7) is 2.75. The minimum absolute atomic E-state index is 0.308. The second-order valence-electron chi connectivity index (χ2n) is 3.06. The van der Waals surface area contributed by atoms with E-state index in [0.29, 0.717) is 0 Å². The van der Waals surface area contributed by atoms with Crippen LogP contribution in [0.4, 0.5) is 0 Å². The van der Waals surface area contributed by atoms with Gasteiger partial charge in [0, 0.05) is 0 Å². The molecule has 0 aliphatic carbocycles. The molecule has 6 heteroatoms. The van der Waals surface area contributed by atoms with Crippen LogP contribution in [0.1, 0.15) is 13.8 Å². The van der Waals surface area contributed by atoms with Crippen molar-refractivity contribution >= 4 is 10.0 Å². The van der Waals surface area contributed by atoms with Gasteiger partial charge in [0.05, 0.1) is 18.2 Å². The summed E-state index contributed by atoms with van der Waals surface area (Å²) in [7, 11) is -3.57. The first-order valence-electron chi connectivity index (χ1n) is 3.32. The highest BCUT2D eigenvalue weighted by Gasteiger charge is 2.23. The van der Waals surface area contributed by atoms with Gasteiger partial charge in [-0.3, -0.25) is 0 Å². The lowest BCUT2D eigenvalue weighted by Crippen LogP contribution is -2.46. The van der Waals surface area contributed by atoms with Gasteiger partial charge in [0.2, 0.25) is 10.0 Å². The first-order valence-corrected chi connectivity index (χ1v) is 4.98. The van der Waals surface area contributed by atoms with Crippen molar-refractivity contribution in [3.63, 3.8) is 0 Å². The normalized spacial score (nSPS) is 12.5.